The maximum atomic E-state index is 6.15. The van der Waals surface area contributed by atoms with E-state index >= 15 is 0 Å². The molecule has 2 aromatic rings. The third-order valence-electron chi connectivity index (χ3n) is 3.43. The molecule has 0 aromatic carbocycles. The van der Waals surface area contributed by atoms with Crippen molar-refractivity contribution in [1.82, 2.24) is 9.97 Å². The van der Waals surface area contributed by atoms with Crippen molar-refractivity contribution in [3.8, 4) is 0 Å². The van der Waals surface area contributed by atoms with Crippen LogP contribution in [-0.2, 0) is 13.0 Å². The van der Waals surface area contributed by atoms with Gasteiger partial charge in [0.05, 0.1) is 17.9 Å². The minimum absolute atomic E-state index is 0.179. The molecule has 0 amide bonds. The van der Waals surface area contributed by atoms with Crippen LogP contribution in [0.25, 0.3) is 0 Å². The molecule has 0 saturated heterocycles. The molecule has 0 aliphatic heterocycles. The Bertz CT molecular complexity index is 552. The molecule has 1 atom stereocenters. The summed E-state index contributed by atoms with van der Waals surface area (Å²) in [6.07, 6.45) is 5.13. The van der Waals surface area contributed by atoms with Gasteiger partial charge in [-0.15, -0.1) is 0 Å². The van der Waals surface area contributed by atoms with Crippen molar-refractivity contribution in [2.75, 3.05) is 11.9 Å². The van der Waals surface area contributed by atoms with Crippen LogP contribution >= 0.6 is 11.3 Å². The Balaban J connectivity index is 1.79. The highest BCUT2D eigenvalue weighted by Crippen LogP contribution is 2.36. The SMILES string of the molecule is CN(Cc1ccccn1)c1nc2c(s1)C(N)CCC2. The highest BCUT2D eigenvalue weighted by atomic mass is 32.1. The standard InChI is InChI=1S/C14H18N4S/c1-18(9-10-5-2-3-8-16-10)14-17-12-7-4-6-11(15)13(12)19-14/h2-3,5,8,11H,4,6-7,9,15H2,1H3. The molecule has 1 aliphatic carbocycles. The fourth-order valence-electron chi connectivity index (χ4n) is 2.41. The molecule has 0 saturated carbocycles. The van der Waals surface area contributed by atoms with Gasteiger partial charge in [0.25, 0.3) is 0 Å². The zero-order valence-electron chi connectivity index (χ0n) is 11.0. The summed E-state index contributed by atoms with van der Waals surface area (Å²) in [6, 6.07) is 6.16. The number of pyridine rings is 1. The van der Waals surface area contributed by atoms with Crippen molar-refractivity contribution in [1.29, 1.82) is 0 Å². The average molecular weight is 274 g/mol. The monoisotopic (exact) mass is 274 g/mol. The van der Waals surface area contributed by atoms with Gasteiger partial charge in [0.1, 0.15) is 0 Å². The molecule has 0 spiro atoms. The van der Waals surface area contributed by atoms with E-state index in [0.29, 0.717) is 0 Å². The molecular formula is C14H18N4S. The maximum Gasteiger partial charge on any atom is 0.185 e. The number of aromatic nitrogens is 2. The Kier molecular flexibility index (Phi) is 3.48. The van der Waals surface area contributed by atoms with Crippen LogP contribution in [0.3, 0.4) is 0 Å². The Hall–Kier alpha value is -1.46. The Labute approximate surface area is 117 Å². The molecule has 3 rings (SSSR count). The molecule has 19 heavy (non-hydrogen) atoms. The van der Waals surface area contributed by atoms with E-state index in [1.807, 2.05) is 24.4 Å². The van der Waals surface area contributed by atoms with Crippen LogP contribution in [0.1, 0.15) is 35.1 Å². The lowest BCUT2D eigenvalue weighted by Crippen LogP contribution is -2.17. The summed E-state index contributed by atoms with van der Waals surface area (Å²) in [5, 5.41) is 1.05. The quantitative estimate of drug-likeness (QED) is 0.934. The second-order valence-corrected chi connectivity index (χ2v) is 5.99. The van der Waals surface area contributed by atoms with Gasteiger partial charge in [-0.25, -0.2) is 4.98 Å². The zero-order chi connectivity index (χ0) is 13.2. The first-order valence-corrected chi connectivity index (χ1v) is 7.42. The van der Waals surface area contributed by atoms with E-state index in [9.17, 15) is 0 Å². The number of aryl methyl sites for hydroxylation is 1. The lowest BCUT2D eigenvalue weighted by molar-refractivity contribution is 0.573. The first-order chi connectivity index (χ1) is 9.24. The largest absolute Gasteiger partial charge is 0.345 e. The fraction of sp³-hybridized carbons (Fsp3) is 0.429. The van der Waals surface area contributed by atoms with Crippen molar-refractivity contribution in [2.45, 2.75) is 31.8 Å². The number of hydrogen-bond acceptors (Lipinski definition) is 5. The number of nitrogens with zero attached hydrogens (tertiary/aromatic N) is 3. The van der Waals surface area contributed by atoms with Gasteiger partial charge in [0, 0.05) is 24.2 Å². The van der Waals surface area contributed by atoms with E-state index in [-0.39, 0.29) is 6.04 Å². The smallest absolute Gasteiger partial charge is 0.185 e. The predicted octanol–water partition coefficient (Wildman–Crippen LogP) is 2.51. The summed E-state index contributed by atoms with van der Waals surface area (Å²) in [7, 11) is 2.06. The van der Waals surface area contributed by atoms with Gasteiger partial charge in [-0.2, -0.15) is 0 Å². The summed E-state index contributed by atoms with van der Waals surface area (Å²) in [6.45, 7) is 0.780. The van der Waals surface area contributed by atoms with E-state index in [4.69, 9.17) is 10.7 Å². The van der Waals surface area contributed by atoms with E-state index in [0.717, 1.165) is 36.6 Å². The number of rotatable bonds is 3. The Morgan fingerprint density at radius 1 is 1.47 bits per heavy atom. The van der Waals surface area contributed by atoms with Gasteiger partial charge in [-0.05, 0) is 31.4 Å². The zero-order valence-corrected chi connectivity index (χ0v) is 11.9. The predicted molar refractivity (Wildman–Crippen MR) is 78.3 cm³/mol. The van der Waals surface area contributed by atoms with Crippen LogP contribution in [0, 0.1) is 0 Å². The summed E-state index contributed by atoms with van der Waals surface area (Å²) in [4.78, 5) is 12.5. The Morgan fingerprint density at radius 3 is 3.11 bits per heavy atom. The van der Waals surface area contributed by atoms with Crippen LogP contribution in [0.15, 0.2) is 24.4 Å². The third-order valence-corrected chi connectivity index (χ3v) is 4.78. The topological polar surface area (TPSA) is 55.0 Å². The molecule has 4 nitrogen and oxygen atoms in total. The molecule has 0 fully saturated rings. The van der Waals surface area contributed by atoms with E-state index < -0.39 is 0 Å². The van der Waals surface area contributed by atoms with Crippen LogP contribution in [-0.4, -0.2) is 17.0 Å². The molecule has 2 aromatic heterocycles. The van der Waals surface area contributed by atoms with E-state index in [2.05, 4.69) is 16.9 Å². The minimum atomic E-state index is 0.179. The number of thiazole rings is 1. The third kappa shape index (κ3) is 2.62. The normalized spacial score (nSPS) is 18.1. The first kappa shape index (κ1) is 12.6. The highest BCUT2D eigenvalue weighted by molar-refractivity contribution is 7.15. The van der Waals surface area contributed by atoms with Crippen LogP contribution in [0.5, 0.6) is 0 Å². The second kappa shape index (κ2) is 5.27. The highest BCUT2D eigenvalue weighted by Gasteiger charge is 2.22. The number of anilines is 1. The molecule has 5 heteroatoms. The molecule has 0 radical (unpaired) electrons. The minimum Gasteiger partial charge on any atom is -0.345 e. The maximum absolute atomic E-state index is 6.15. The van der Waals surface area contributed by atoms with Gasteiger partial charge in [-0.1, -0.05) is 17.4 Å². The van der Waals surface area contributed by atoms with Gasteiger partial charge in [0.2, 0.25) is 0 Å². The lowest BCUT2D eigenvalue weighted by Gasteiger charge is -2.15. The molecule has 2 N–H and O–H groups in total. The summed E-state index contributed by atoms with van der Waals surface area (Å²) >= 11 is 1.73. The molecular weight excluding hydrogens is 256 g/mol. The van der Waals surface area contributed by atoms with Gasteiger partial charge >= 0.3 is 0 Å². The molecule has 0 bridgehead atoms. The number of nitrogens with two attached hydrogens (primary N) is 1. The van der Waals surface area contributed by atoms with Crippen molar-refractivity contribution in [3.63, 3.8) is 0 Å². The van der Waals surface area contributed by atoms with Crippen molar-refractivity contribution in [2.24, 2.45) is 5.73 Å². The van der Waals surface area contributed by atoms with Crippen molar-refractivity contribution < 1.29 is 0 Å². The summed E-state index contributed by atoms with van der Waals surface area (Å²) < 4.78 is 0. The van der Waals surface area contributed by atoms with Gasteiger partial charge < -0.3 is 10.6 Å². The van der Waals surface area contributed by atoms with E-state index in [1.165, 1.54) is 10.6 Å². The van der Waals surface area contributed by atoms with Crippen LogP contribution < -0.4 is 10.6 Å². The second-order valence-electron chi connectivity index (χ2n) is 4.98. The number of fused-ring (bicyclic) bond motifs is 1. The molecule has 1 aliphatic rings. The molecule has 1 unspecified atom stereocenters. The summed E-state index contributed by atoms with van der Waals surface area (Å²) in [5.41, 5.74) is 8.41. The van der Waals surface area contributed by atoms with Crippen LogP contribution in [0.2, 0.25) is 0 Å². The molecule has 2 heterocycles. The lowest BCUT2D eigenvalue weighted by atomic mass is 9.99. The molecule has 100 valence electrons. The number of hydrogen-bond donors (Lipinski definition) is 1. The van der Waals surface area contributed by atoms with Gasteiger partial charge in [0.15, 0.2) is 5.13 Å². The summed E-state index contributed by atoms with van der Waals surface area (Å²) in [5.74, 6) is 0. The average Bonchev–Trinajstić information content (AvgIpc) is 2.85. The first-order valence-electron chi connectivity index (χ1n) is 6.60. The van der Waals surface area contributed by atoms with Gasteiger partial charge in [-0.3, -0.25) is 4.98 Å². The van der Waals surface area contributed by atoms with E-state index in [1.54, 1.807) is 11.3 Å². The van der Waals surface area contributed by atoms with Crippen LogP contribution in [0.4, 0.5) is 5.13 Å². The fourth-order valence-corrected chi connectivity index (χ4v) is 3.51. The Morgan fingerprint density at radius 2 is 2.37 bits per heavy atom. The van der Waals surface area contributed by atoms with Crippen molar-refractivity contribution >= 4 is 16.5 Å². The van der Waals surface area contributed by atoms with Crippen molar-refractivity contribution in [3.05, 3.63) is 40.7 Å².